The van der Waals surface area contributed by atoms with Crippen LogP contribution in [0.1, 0.15) is 29.9 Å². The normalized spacial score (nSPS) is 10.6. The summed E-state index contributed by atoms with van der Waals surface area (Å²) in [6, 6.07) is 4.37. The molecule has 1 heterocycles. The Labute approximate surface area is 188 Å². The molecule has 9 nitrogen and oxygen atoms in total. The third-order valence-electron chi connectivity index (χ3n) is 3.88. The third kappa shape index (κ3) is 7.21. The van der Waals surface area contributed by atoms with Gasteiger partial charge in [0.05, 0.1) is 44.0 Å². The number of ether oxygens (including phenoxy) is 3. The number of nitrogens with one attached hydrogen (secondary N) is 2. The summed E-state index contributed by atoms with van der Waals surface area (Å²) in [5.41, 5.74) is 0.722. The molecular weight excluding hydrogens is 442 g/mol. The largest absolute Gasteiger partial charge is 0.493 e. The number of rotatable bonds is 10. The average Bonchev–Trinajstić information content (AvgIpc) is 2.75. The van der Waals surface area contributed by atoms with Crippen LogP contribution in [0.3, 0.4) is 0 Å². The fourth-order valence-electron chi connectivity index (χ4n) is 2.46. The molecular formula is C20H25N3O6S2. The maximum Gasteiger partial charge on any atom is 0.340 e. The summed E-state index contributed by atoms with van der Waals surface area (Å²) in [5.74, 6) is 0.221. The number of nitrogens with zero attached hydrogens (tertiary/aromatic N) is 1. The van der Waals surface area contributed by atoms with E-state index in [4.69, 9.17) is 14.2 Å². The third-order valence-corrected chi connectivity index (χ3v) is 5.88. The molecule has 0 atom stereocenters. The monoisotopic (exact) mass is 467 g/mol. The molecule has 1 aromatic carbocycles. The van der Waals surface area contributed by atoms with Crippen LogP contribution in [0.25, 0.3) is 0 Å². The molecule has 168 valence electrons. The highest BCUT2D eigenvalue weighted by molar-refractivity contribution is 7.99. The van der Waals surface area contributed by atoms with Crippen molar-refractivity contribution in [2.45, 2.75) is 30.0 Å². The fourth-order valence-corrected chi connectivity index (χ4v) is 3.81. The summed E-state index contributed by atoms with van der Waals surface area (Å²) >= 11 is 2.76. The number of aromatic amines is 1. The van der Waals surface area contributed by atoms with E-state index in [0.717, 1.165) is 11.8 Å². The van der Waals surface area contributed by atoms with E-state index in [0.29, 0.717) is 33.4 Å². The number of carbonyl (C=O) groups excluding carboxylic acids is 2. The highest BCUT2D eigenvalue weighted by Gasteiger charge is 2.19. The molecule has 0 saturated carbocycles. The van der Waals surface area contributed by atoms with Crippen LogP contribution < -0.4 is 20.3 Å². The van der Waals surface area contributed by atoms with Gasteiger partial charge < -0.3 is 24.5 Å². The van der Waals surface area contributed by atoms with E-state index in [9.17, 15) is 14.4 Å². The van der Waals surface area contributed by atoms with E-state index in [2.05, 4.69) is 29.1 Å². The molecule has 0 fully saturated rings. The Hall–Kier alpha value is -2.66. The van der Waals surface area contributed by atoms with E-state index in [1.165, 1.54) is 39.5 Å². The second-order valence-corrected chi connectivity index (χ2v) is 9.01. The Balaban J connectivity index is 2.14. The van der Waals surface area contributed by atoms with Crippen molar-refractivity contribution in [1.82, 2.24) is 9.97 Å². The van der Waals surface area contributed by atoms with Crippen LogP contribution in [0.2, 0.25) is 0 Å². The van der Waals surface area contributed by atoms with Crippen LogP contribution in [-0.2, 0) is 15.3 Å². The van der Waals surface area contributed by atoms with E-state index >= 15 is 0 Å². The first-order valence-corrected chi connectivity index (χ1v) is 11.3. The number of anilines is 1. The molecule has 11 heteroatoms. The molecule has 0 aliphatic carbocycles. The van der Waals surface area contributed by atoms with Gasteiger partial charge in [-0.05, 0) is 5.25 Å². The van der Waals surface area contributed by atoms with Gasteiger partial charge in [0, 0.05) is 24.0 Å². The zero-order valence-electron chi connectivity index (χ0n) is 17.9. The summed E-state index contributed by atoms with van der Waals surface area (Å²) in [6.07, 6.45) is 0. The number of benzene rings is 1. The van der Waals surface area contributed by atoms with Crippen molar-refractivity contribution in [2.75, 3.05) is 32.4 Å². The lowest BCUT2D eigenvalue weighted by Crippen LogP contribution is -2.18. The second kappa shape index (κ2) is 11.7. The molecule has 31 heavy (non-hydrogen) atoms. The minimum Gasteiger partial charge on any atom is -0.493 e. The molecule has 0 unspecified atom stereocenters. The molecule has 0 spiro atoms. The quantitative estimate of drug-likeness (QED) is 0.309. The minimum absolute atomic E-state index is 0.0291. The van der Waals surface area contributed by atoms with Crippen molar-refractivity contribution < 1.29 is 23.8 Å². The van der Waals surface area contributed by atoms with Gasteiger partial charge in [0.15, 0.2) is 16.7 Å². The molecule has 0 aliphatic rings. The Morgan fingerprint density at radius 3 is 2.42 bits per heavy atom. The van der Waals surface area contributed by atoms with Crippen LogP contribution in [0.4, 0.5) is 5.69 Å². The SMILES string of the molecule is COC(=O)c1cc(OC)c(OC)cc1NC(=O)CSc1nc(CSC(C)C)cc(=O)[nH]1. The van der Waals surface area contributed by atoms with Crippen molar-refractivity contribution in [1.29, 1.82) is 0 Å². The molecule has 0 saturated heterocycles. The maximum absolute atomic E-state index is 12.5. The van der Waals surface area contributed by atoms with Crippen molar-refractivity contribution in [3.05, 3.63) is 39.8 Å². The first-order chi connectivity index (χ1) is 14.8. The Kier molecular flexibility index (Phi) is 9.25. The van der Waals surface area contributed by atoms with Gasteiger partial charge in [-0.15, -0.1) is 0 Å². The summed E-state index contributed by atoms with van der Waals surface area (Å²) < 4.78 is 15.2. The summed E-state index contributed by atoms with van der Waals surface area (Å²) in [6.45, 7) is 4.13. The van der Waals surface area contributed by atoms with Gasteiger partial charge >= 0.3 is 5.97 Å². The van der Waals surface area contributed by atoms with E-state index in [1.807, 2.05) is 0 Å². The smallest absolute Gasteiger partial charge is 0.340 e. The molecule has 1 amide bonds. The van der Waals surface area contributed by atoms with Gasteiger partial charge in [0.25, 0.3) is 5.56 Å². The number of aromatic nitrogens is 2. The van der Waals surface area contributed by atoms with Gasteiger partial charge in [0.2, 0.25) is 5.91 Å². The number of hydrogen-bond donors (Lipinski definition) is 2. The number of thioether (sulfide) groups is 2. The predicted molar refractivity (Wildman–Crippen MR) is 122 cm³/mol. The number of amides is 1. The van der Waals surface area contributed by atoms with Crippen LogP contribution in [-0.4, -0.2) is 54.2 Å². The van der Waals surface area contributed by atoms with Crippen molar-refractivity contribution in [3.8, 4) is 11.5 Å². The Bertz CT molecular complexity index is 993. The van der Waals surface area contributed by atoms with Crippen LogP contribution in [0.5, 0.6) is 11.5 Å². The maximum atomic E-state index is 12.5. The lowest BCUT2D eigenvalue weighted by Gasteiger charge is -2.14. The molecule has 2 aromatic rings. The van der Waals surface area contributed by atoms with E-state index < -0.39 is 11.9 Å². The Morgan fingerprint density at radius 2 is 1.81 bits per heavy atom. The predicted octanol–water partition coefficient (Wildman–Crippen LogP) is 2.95. The van der Waals surface area contributed by atoms with Crippen molar-refractivity contribution in [3.63, 3.8) is 0 Å². The molecule has 0 bridgehead atoms. The number of hydrogen-bond acceptors (Lipinski definition) is 9. The lowest BCUT2D eigenvalue weighted by molar-refractivity contribution is -0.113. The van der Waals surface area contributed by atoms with E-state index in [1.54, 1.807) is 11.8 Å². The van der Waals surface area contributed by atoms with Crippen molar-refractivity contribution in [2.24, 2.45) is 0 Å². The molecule has 0 aliphatic heterocycles. The molecule has 1 aromatic heterocycles. The van der Waals surface area contributed by atoms with Gasteiger partial charge in [-0.25, -0.2) is 9.78 Å². The minimum atomic E-state index is -0.634. The topological polar surface area (TPSA) is 120 Å². The number of methoxy groups -OCH3 is 3. The first kappa shape index (κ1) is 24.6. The fraction of sp³-hybridized carbons (Fsp3) is 0.400. The lowest BCUT2D eigenvalue weighted by atomic mass is 10.1. The zero-order valence-corrected chi connectivity index (χ0v) is 19.6. The number of carbonyl (C=O) groups is 2. The highest BCUT2D eigenvalue weighted by Crippen LogP contribution is 2.34. The van der Waals surface area contributed by atoms with Gasteiger partial charge in [-0.1, -0.05) is 25.6 Å². The molecule has 0 radical (unpaired) electrons. The summed E-state index contributed by atoms with van der Waals surface area (Å²) in [7, 11) is 4.13. The van der Waals surface area contributed by atoms with Crippen LogP contribution in [0.15, 0.2) is 28.2 Å². The molecule has 2 rings (SSSR count). The van der Waals surface area contributed by atoms with Gasteiger partial charge in [-0.3, -0.25) is 9.59 Å². The van der Waals surface area contributed by atoms with Crippen molar-refractivity contribution >= 4 is 41.1 Å². The van der Waals surface area contributed by atoms with E-state index in [-0.39, 0.29) is 22.6 Å². The zero-order chi connectivity index (χ0) is 23.0. The highest BCUT2D eigenvalue weighted by atomic mass is 32.2. The van der Waals surface area contributed by atoms with Crippen LogP contribution >= 0.6 is 23.5 Å². The average molecular weight is 468 g/mol. The number of H-pyrrole nitrogens is 1. The second-order valence-electron chi connectivity index (χ2n) is 6.48. The Morgan fingerprint density at radius 1 is 1.13 bits per heavy atom. The van der Waals surface area contributed by atoms with Gasteiger partial charge in [0.1, 0.15) is 0 Å². The van der Waals surface area contributed by atoms with Gasteiger partial charge in [-0.2, -0.15) is 11.8 Å². The first-order valence-electron chi connectivity index (χ1n) is 9.26. The summed E-state index contributed by atoms with van der Waals surface area (Å²) in [4.78, 5) is 43.5. The number of esters is 1. The standard InChI is InChI=1S/C20H25N3O6S2/c1-11(2)30-9-12-6-17(24)23-20(21-12)31-10-18(25)22-14-8-16(28-4)15(27-3)7-13(14)19(26)29-5/h6-8,11H,9-10H2,1-5H3,(H,22,25)(H,21,23,24). The van der Waals surface area contributed by atoms with Crippen LogP contribution in [0, 0.1) is 0 Å². The summed E-state index contributed by atoms with van der Waals surface area (Å²) in [5, 5.41) is 3.43. The molecule has 2 N–H and O–H groups in total.